The summed E-state index contributed by atoms with van der Waals surface area (Å²) in [6.07, 6.45) is 2.36. The zero-order chi connectivity index (χ0) is 15.4. The minimum atomic E-state index is -1.27. The molecule has 3 nitrogen and oxygen atoms in total. The van der Waals surface area contributed by atoms with Crippen molar-refractivity contribution < 1.29 is 18.0 Å². The van der Waals surface area contributed by atoms with Crippen LogP contribution < -0.4 is 10.6 Å². The maximum atomic E-state index is 13.5. The predicted octanol–water partition coefficient (Wildman–Crippen LogP) is 3.49. The Labute approximate surface area is 134 Å². The average molecular weight is 337 g/mol. The number of benzene rings is 1. The lowest BCUT2D eigenvalue weighted by molar-refractivity contribution is -0.117. The van der Waals surface area contributed by atoms with E-state index in [-0.39, 0.29) is 30.4 Å². The number of hydrogen-bond donors (Lipinski definition) is 2. The largest absolute Gasteiger partial charge is 0.323 e. The first-order chi connectivity index (χ1) is 9.97. The molecule has 7 heteroatoms. The fourth-order valence-corrected chi connectivity index (χ4v) is 2.64. The third-order valence-electron chi connectivity index (χ3n) is 3.93. The molecule has 1 heterocycles. The van der Waals surface area contributed by atoms with Gasteiger partial charge in [-0.3, -0.25) is 4.79 Å². The van der Waals surface area contributed by atoms with Crippen LogP contribution in [0, 0.1) is 29.3 Å². The van der Waals surface area contributed by atoms with Crippen molar-refractivity contribution in [3.63, 3.8) is 0 Å². The van der Waals surface area contributed by atoms with Crippen LogP contribution >= 0.6 is 12.4 Å². The van der Waals surface area contributed by atoms with Gasteiger partial charge < -0.3 is 10.6 Å². The summed E-state index contributed by atoms with van der Waals surface area (Å²) in [5.41, 5.74) is -0.326. The molecule has 1 aromatic carbocycles. The van der Waals surface area contributed by atoms with Gasteiger partial charge >= 0.3 is 0 Å². The van der Waals surface area contributed by atoms with Crippen LogP contribution in [0.4, 0.5) is 18.9 Å². The number of piperidine rings is 1. The highest BCUT2D eigenvalue weighted by atomic mass is 35.5. The van der Waals surface area contributed by atoms with E-state index in [4.69, 9.17) is 0 Å². The monoisotopic (exact) mass is 336 g/mol. The summed E-state index contributed by atoms with van der Waals surface area (Å²) in [5.74, 6) is -3.28. The van der Waals surface area contributed by atoms with Crippen LogP contribution in [0.2, 0.25) is 0 Å². The Bertz CT molecular complexity index is 522. The minimum Gasteiger partial charge on any atom is -0.323 e. The van der Waals surface area contributed by atoms with E-state index in [1.54, 1.807) is 0 Å². The lowest BCUT2D eigenvalue weighted by Gasteiger charge is -2.28. The van der Waals surface area contributed by atoms with Crippen molar-refractivity contribution in [2.45, 2.75) is 26.2 Å². The van der Waals surface area contributed by atoms with E-state index in [9.17, 15) is 18.0 Å². The second kappa shape index (κ2) is 8.39. The summed E-state index contributed by atoms with van der Waals surface area (Å²) in [7, 11) is 0. The third kappa shape index (κ3) is 4.88. The molecule has 0 aromatic heterocycles. The van der Waals surface area contributed by atoms with Gasteiger partial charge in [0.05, 0.1) is 5.69 Å². The standard InChI is InChI=1S/C15H19F3N2O.ClH/c1-9(10-3-2-4-19-8-10)5-15(21)20-14-7-12(17)11(16)6-13(14)18;/h6-7,9-10,19H,2-5,8H2,1H3,(H,20,21);1H. The number of halogens is 4. The maximum absolute atomic E-state index is 13.5. The fraction of sp³-hybridized carbons (Fsp3) is 0.533. The third-order valence-corrected chi connectivity index (χ3v) is 3.93. The van der Waals surface area contributed by atoms with E-state index in [2.05, 4.69) is 10.6 Å². The van der Waals surface area contributed by atoms with Crippen LogP contribution in [-0.4, -0.2) is 19.0 Å². The van der Waals surface area contributed by atoms with E-state index in [1.807, 2.05) is 6.92 Å². The summed E-state index contributed by atoms with van der Waals surface area (Å²) in [4.78, 5) is 11.9. The van der Waals surface area contributed by atoms with Crippen molar-refractivity contribution in [2.24, 2.45) is 11.8 Å². The molecule has 0 radical (unpaired) electrons. The van der Waals surface area contributed by atoms with E-state index < -0.39 is 23.4 Å². The first-order valence-electron chi connectivity index (χ1n) is 7.12. The van der Waals surface area contributed by atoms with Gasteiger partial charge in [-0.2, -0.15) is 0 Å². The molecule has 0 spiro atoms. The smallest absolute Gasteiger partial charge is 0.224 e. The average Bonchev–Trinajstić information content (AvgIpc) is 2.45. The van der Waals surface area contributed by atoms with Crippen LogP contribution in [0.15, 0.2) is 12.1 Å². The predicted molar refractivity (Wildman–Crippen MR) is 81.6 cm³/mol. The Morgan fingerprint density at radius 3 is 2.64 bits per heavy atom. The van der Waals surface area contributed by atoms with E-state index in [1.165, 1.54) is 0 Å². The molecule has 0 bridgehead atoms. The molecule has 2 atom stereocenters. The minimum absolute atomic E-state index is 0. The first-order valence-corrected chi connectivity index (χ1v) is 7.12. The van der Waals surface area contributed by atoms with Crippen molar-refractivity contribution >= 4 is 24.0 Å². The molecule has 124 valence electrons. The van der Waals surface area contributed by atoms with Gasteiger partial charge in [-0.25, -0.2) is 13.2 Å². The number of hydrogen-bond acceptors (Lipinski definition) is 2. The van der Waals surface area contributed by atoms with Gasteiger partial charge in [0.1, 0.15) is 5.82 Å². The molecule has 2 rings (SSSR count). The number of amides is 1. The van der Waals surface area contributed by atoms with E-state index in [0.29, 0.717) is 18.1 Å². The summed E-state index contributed by atoms with van der Waals surface area (Å²) < 4.78 is 39.3. The number of carbonyl (C=O) groups excluding carboxylic acids is 1. The molecule has 0 aliphatic carbocycles. The summed E-state index contributed by atoms with van der Waals surface area (Å²) in [6.45, 7) is 3.84. The molecule has 1 aromatic rings. The zero-order valence-electron chi connectivity index (χ0n) is 12.3. The van der Waals surface area contributed by atoms with Crippen LogP contribution in [0.1, 0.15) is 26.2 Å². The molecule has 1 fully saturated rings. The van der Waals surface area contributed by atoms with E-state index in [0.717, 1.165) is 25.9 Å². The van der Waals surface area contributed by atoms with Gasteiger partial charge in [-0.05, 0) is 37.8 Å². The van der Waals surface area contributed by atoms with Crippen LogP contribution in [0.3, 0.4) is 0 Å². The van der Waals surface area contributed by atoms with E-state index >= 15 is 0 Å². The maximum Gasteiger partial charge on any atom is 0.224 e. The highest BCUT2D eigenvalue weighted by Gasteiger charge is 2.22. The first kappa shape index (κ1) is 18.8. The molecular weight excluding hydrogens is 317 g/mol. The summed E-state index contributed by atoms with van der Waals surface area (Å²) in [6, 6.07) is 1.09. The van der Waals surface area contributed by atoms with Gasteiger partial charge in [0.2, 0.25) is 5.91 Å². The molecular formula is C15H20ClF3N2O. The highest BCUT2D eigenvalue weighted by molar-refractivity contribution is 5.91. The Balaban J connectivity index is 0.00000242. The fourth-order valence-electron chi connectivity index (χ4n) is 2.64. The molecule has 1 aliphatic heterocycles. The molecule has 0 saturated carbocycles. The second-order valence-corrected chi connectivity index (χ2v) is 5.58. The Morgan fingerprint density at radius 2 is 2.00 bits per heavy atom. The Hall–Kier alpha value is -1.27. The van der Waals surface area contributed by atoms with Crippen molar-refractivity contribution in [1.82, 2.24) is 5.32 Å². The zero-order valence-corrected chi connectivity index (χ0v) is 13.1. The molecule has 2 unspecified atom stereocenters. The Kier molecular flexibility index (Phi) is 7.16. The molecule has 1 aliphatic rings. The van der Waals surface area contributed by atoms with Crippen molar-refractivity contribution in [3.05, 3.63) is 29.6 Å². The van der Waals surface area contributed by atoms with Gasteiger partial charge in [0.15, 0.2) is 11.6 Å². The quantitative estimate of drug-likeness (QED) is 0.826. The topological polar surface area (TPSA) is 41.1 Å². The van der Waals surface area contributed by atoms with Crippen LogP contribution in [0.25, 0.3) is 0 Å². The SMILES string of the molecule is CC(CC(=O)Nc1cc(F)c(F)cc1F)C1CCCNC1.Cl. The van der Waals surface area contributed by atoms with Gasteiger partial charge in [-0.15, -0.1) is 12.4 Å². The number of nitrogens with one attached hydrogen (secondary N) is 2. The molecule has 1 saturated heterocycles. The van der Waals surface area contributed by atoms with Crippen LogP contribution in [0.5, 0.6) is 0 Å². The van der Waals surface area contributed by atoms with Crippen LogP contribution in [-0.2, 0) is 4.79 Å². The lowest BCUT2D eigenvalue weighted by atomic mass is 9.85. The number of anilines is 1. The lowest BCUT2D eigenvalue weighted by Crippen LogP contribution is -2.34. The molecule has 2 N–H and O–H groups in total. The van der Waals surface area contributed by atoms with Gasteiger partial charge in [0, 0.05) is 18.6 Å². The Morgan fingerprint density at radius 1 is 1.32 bits per heavy atom. The van der Waals surface area contributed by atoms with Crippen molar-refractivity contribution in [3.8, 4) is 0 Å². The molecule has 1 amide bonds. The van der Waals surface area contributed by atoms with Crippen molar-refractivity contribution in [2.75, 3.05) is 18.4 Å². The summed E-state index contributed by atoms with van der Waals surface area (Å²) in [5, 5.41) is 5.59. The summed E-state index contributed by atoms with van der Waals surface area (Å²) >= 11 is 0. The molecule has 22 heavy (non-hydrogen) atoms. The van der Waals surface area contributed by atoms with Gasteiger partial charge in [-0.1, -0.05) is 6.92 Å². The number of rotatable bonds is 4. The number of carbonyl (C=O) groups is 1. The van der Waals surface area contributed by atoms with Gasteiger partial charge in [0.25, 0.3) is 0 Å². The highest BCUT2D eigenvalue weighted by Crippen LogP contribution is 2.24. The second-order valence-electron chi connectivity index (χ2n) is 5.58. The normalized spacial score (nSPS) is 19.2. The van der Waals surface area contributed by atoms with Crippen molar-refractivity contribution in [1.29, 1.82) is 0 Å².